The summed E-state index contributed by atoms with van der Waals surface area (Å²) in [5, 5.41) is 0.363. The van der Waals surface area contributed by atoms with Crippen LogP contribution in [0.3, 0.4) is 0 Å². The van der Waals surface area contributed by atoms with E-state index in [0.29, 0.717) is 9.20 Å². The number of hydrogen-bond acceptors (Lipinski definition) is 4. The lowest BCUT2D eigenvalue weighted by molar-refractivity contribution is -0.141. The summed E-state index contributed by atoms with van der Waals surface area (Å²) >= 11 is 9.06. The van der Waals surface area contributed by atoms with Crippen molar-refractivity contribution in [1.82, 2.24) is 9.30 Å². The number of rotatable bonds is 3. The maximum Gasteiger partial charge on any atom is 0.365 e. The maximum absolute atomic E-state index is 14.1. The molecule has 0 amide bonds. The molecule has 0 aliphatic rings. The number of benzene rings is 2. The quantitative estimate of drug-likeness (QED) is 0.627. The molecule has 26 heavy (non-hydrogen) atoms. The summed E-state index contributed by atoms with van der Waals surface area (Å²) in [4.78, 5) is 41.7. The predicted molar refractivity (Wildman–Crippen MR) is 97.9 cm³/mol. The first-order valence-electron chi connectivity index (χ1n) is 7.36. The second kappa shape index (κ2) is 7.05. The van der Waals surface area contributed by atoms with Crippen LogP contribution in [0.15, 0.2) is 50.5 Å². The van der Waals surface area contributed by atoms with Crippen LogP contribution in [0.5, 0.6) is 0 Å². The average molecular weight is 442 g/mol. The Balaban J connectivity index is 2.28. The smallest absolute Gasteiger partial charge is 0.332 e. The monoisotopic (exact) mass is 440 g/mol. The van der Waals surface area contributed by atoms with Crippen LogP contribution in [-0.4, -0.2) is 15.3 Å². The molecule has 0 saturated carbocycles. The van der Waals surface area contributed by atoms with Crippen molar-refractivity contribution < 1.29 is 14.0 Å². The number of carbonyl (C=O) groups excluding carboxylic acids is 1. The van der Waals surface area contributed by atoms with Gasteiger partial charge in [-0.1, -0.05) is 33.6 Å². The zero-order chi connectivity index (χ0) is 19.0. The maximum atomic E-state index is 14.1. The zero-order valence-electron chi connectivity index (χ0n) is 13.3. The van der Waals surface area contributed by atoms with Gasteiger partial charge in [-0.15, -0.1) is 4.73 Å². The van der Waals surface area contributed by atoms with Gasteiger partial charge < -0.3 is 4.84 Å². The van der Waals surface area contributed by atoms with Crippen molar-refractivity contribution in [3.05, 3.63) is 78.1 Å². The van der Waals surface area contributed by atoms with Gasteiger partial charge in [0.15, 0.2) is 0 Å². The molecule has 1 aromatic heterocycles. The fraction of sp³-hybridized carbons (Fsp3) is 0.118. The van der Waals surface area contributed by atoms with Crippen molar-refractivity contribution in [1.29, 1.82) is 0 Å². The number of halogens is 3. The van der Waals surface area contributed by atoms with E-state index in [1.165, 1.54) is 30.3 Å². The van der Waals surface area contributed by atoms with Crippen LogP contribution >= 0.6 is 27.5 Å². The van der Waals surface area contributed by atoms with Crippen molar-refractivity contribution in [2.75, 3.05) is 0 Å². The number of carbonyl (C=O) groups is 1. The number of hydrogen-bond donors (Lipinski definition) is 0. The molecule has 0 bridgehead atoms. The molecule has 0 radical (unpaired) electrons. The summed E-state index contributed by atoms with van der Waals surface area (Å²) in [7, 11) is 0. The molecule has 9 heteroatoms. The van der Waals surface area contributed by atoms with Crippen molar-refractivity contribution in [2.45, 2.75) is 13.5 Å². The summed E-state index contributed by atoms with van der Waals surface area (Å²) in [6.45, 7) is 0.795. The molecule has 0 aliphatic heterocycles. The van der Waals surface area contributed by atoms with E-state index in [4.69, 9.17) is 16.4 Å². The fourth-order valence-corrected chi connectivity index (χ4v) is 2.97. The van der Waals surface area contributed by atoms with Crippen molar-refractivity contribution >= 4 is 44.4 Å². The van der Waals surface area contributed by atoms with Gasteiger partial charge in [0.1, 0.15) is 11.3 Å². The topological polar surface area (TPSA) is 70.3 Å². The van der Waals surface area contributed by atoms with E-state index in [1.54, 1.807) is 6.07 Å². The minimum absolute atomic E-state index is 0.0511. The van der Waals surface area contributed by atoms with E-state index in [2.05, 4.69) is 15.9 Å². The first kappa shape index (κ1) is 18.3. The number of fused-ring (bicyclic) bond motifs is 1. The molecular weight excluding hydrogens is 431 g/mol. The minimum atomic E-state index is -0.915. The Morgan fingerprint density at radius 3 is 2.62 bits per heavy atom. The minimum Gasteiger partial charge on any atom is -0.332 e. The first-order chi connectivity index (χ1) is 12.3. The Labute approximate surface area is 159 Å². The van der Waals surface area contributed by atoms with E-state index >= 15 is 0 Å². The Kier molecular flexibility index (Phi) is 4.97. The lowest BCUT2D eigenvalue weighted by Crippen LogP contribution is -2.43. The second-order valence-electron chi connectivity index (χ2n) is 5.45. The Morgan fingerprint density at radius 1 is 1.23 bits per heavy atom. The van der Waals surface area contributed by atoms with Crippen LogP contribution in [0.25, 0.3) is 10.9 Å². The van der Waals surface area contributed by atoms with Crippen molar-refractivity contribution in [3.63, 3.8) is 0 Å². The molecule has 0 spiro atoms. The van der Waals surface area contributed by atoms with E-state index in [1.807, 2.05) is 0 Å². The van der Waals surface area contributed by atoms with Gasteiger partial charge in [0.2, 0.25) is 0 Å². The average Bonchev–Trinajstić information content (AvgIpc) is 2.57. The third kappa shape index (κ3) is 3.42. The molecule has 6 nitrogen and oxygen atoms in total. The van der Waals surface area contributed by atoms with E-state index in [-0.39, 0.29) is 28.0 Å². The van der Waals surface area contributed by atoms with Crippen LogP contribution in [0.2, 0.25) is 5.02 Å². The molecule has 2 aromatic carbocycles. The van der Waals surface area contributed by atoms with Gasteiger partial charge in [-0.2, -0.15) is 0 Å². The summed E-state index contributed by atoms with van der Waals surface area (Å²) < 4.78 is 16.1. The molecule has 3 rings (SSSR count). The number of aromatic nitrogens is 2. The van der Waals surface area contributed by atoms with Crippen molar-refractivity contribution in [3.8, 4) is 0 Å². The molecule has 0 atom stereocenters. The van der Waals surface area contributed by atoms with Gasteiger partial charge in [-0.3, -0.25) is 9.36 Å². The summed E-state index contributed by atoms with van der Waals surface area (Å²) in [6.07, 6.45) is 0. The summed E-state index contributed by atoms with van der Waals surface area (Å²) in [6, 6.07) is 8.49. The van der Waals surface area contributed by atoms with Crippen LogP contribution in [-0.2, 0) is 11.3 Å². The number of nitrogens with zero attached hydrogens (tertiary/aromatic N) is 2. The third-order valence-electron chi connectivity index (χ3n) is 3.62. The second-order valence-corrected chi connectivity index (χ2v) is 6.80. The fourth-order valence-electron chi connectivity index (χ4n) is 2.48. The van der Waals surface area contributed by atoms with Crippen molar-refractivity contribution in [2.24, 2.45) is 0 Å². The summed E-state index contributed by atoms with van der Waals surface area (Å²) in [5.74, 6) is -1.34. The standard InChI is InChI=1S/C17H11BrClFN2O4/c1-9(23)26-22-15-7-12(19)4-5-13(15)16(24)21(17(22)25)8-10-2-3-11(18)6-14(10)20/h2-7H,8H2,1H3. The Bertz CT molecular complexity index is 1160. The molecule has 1 heterocycles. The largest absolute Gasteiger partial charge is 0.365 e. The molecule has 3 aromatic rings. The molecule has 0 unspecified atom stereocenters. The molecule has 0 aliphatic carbocycles. The molecular formula is C17H11BrClFN2O4. The molecule has 0 N–H and O–H groups in total. The van der Waals surface area contributed by atoms with Crippen LogP contribution < -0.4 is 16.1 Å². The van der Waals surface area contributed by atoms with E-state index in [9.17, 15) is 18.8 Å². The van der Waals surface area contributed by atoms with E-state index in [0.717, 1.165) is 11.5 Å². The highest BCUT2D eigenvalue weighted by molar-refractivity contribution is 9.10. The van der Waals surface area contributed by atoms with Gasteiger partial charge in [0.25, 0.3) is 5.56 Å². The van der Waals surface area contributed by atoms with Crippen LogP contribution in [0, 0.1) is 5.82 Å². The Morgan fingerprint density at radius 2 is 1.96 bits per heavy atom. The summed E-state index contributed by atoms with van der Waals surface area (Å²) in [5.41, 5.74) is -1.38. The SMILES string of the molecule is CC(=O)On1c(=O)n(Cc2ccc(Br)cc2F)c(=O)c2ccc(Cl)cc21. The van der Waals surface area contributed by atoms with Gasteiger partial charge in [0, 0.05) is 22.0 Å². The van der Waals surface area contributed by atoms with Gasteiger partial charge in [-0.05, 0) is 30.3 Å². The predicted octanol–water partition coefficient (Wildman–Crippen LogP) is 2.74. The lowest BCUT2D eigenvalue weighted by atomic mass is 10.2. The third-order valence-corrected chi connectivity index (χ3v) is 4.35. The van der Waals surface area contributed by atoms with E-state index < -0.39 is 23.0 Å². The van der Waals surface area contributed by atoms with Gasteiger partial charge in [0.05, 0.1) is 11.9 Å². The molecule has 0 saturated heterocycles. The lowest BCUT2D eigenvalue weighted by Gasteiger charge is -2.13. The van der Waals surface area contributed by atoms with Crippen LogP contribution in [0.1, 0.15) is 12.5 Å². The molecule has 134 valence electrons. The highest BCUT2D eigenvalue weighted by Gasteiger charge is 2.17. The van der Waals surface area contributed by atoms with Gasteiger partial charge >= 0.3 is 11.7 Å². The van der Waals surface area contributed by atoms with Gasteiger partial charge in [-0.25, -0.2) is 14.0 Å². The van der Waals surface area contributed by atoms with Crippen LogP contribution in [0.4, 0.5) is 4.39 Å². The highest BCUT2D eigenvalue weighted by atomic mass is 79.9. The Hall–Kier alpha value is -2.45. The highest BCUT2D eigenvalue weighted by Crippen LogP contribution is 2.17. The molecule has 0 fully saturated rings. The normalized spacial score (nSPS) is 10.9. The zero-order valence-corrected chi connectivity index (χ0v) is 15.7. The first-order valence-corrected chi connectivity index (χ1v) is 8.53.